The number of benzene rings is 2. The number of hydrogen-bond acceptors (Lipinski definition) is 2. The number of carbonyl (C=O) groups excluding carboxylic acids is 2. The van der Waals surface area contributed by atoms with Gasteiger partial charge >= 0.3 is 0 Å². The second-order valence-corrected chi connectivity index (χ2v) is 6.97. The molecular weight excluding hydrogens is 336 g/mol. The van der Waals surface area contributed by atoms with Crippen LogP contribution in [0.4, 0.5) is 0 Å². The average Bonchev–Trinajstić information content (AvgIpc) is 2.69. The minimum atomic E-state index is -0.359. The van der Waals surface area contributed by atoms with Crippen molar-refractivity contribution in [1.29, 1.82) is 0 Å². The van der Waals surface area contributed by atoms with Gasteiger partial charge in [0.25, 0.3) is 5.91 Å². The van der Waals surface area contributed by atoms with Crippen LogP contribution in [-0.2, 0) is 4.79 Å². The van der Waals surface area contributed by atoms with E-state index in [0.717, 1.165) is 18.4 Å². The predicted molar refractivity (Wildman–Crippen MR) is 109 cm³/mol. The van der Waals surface area contributed by atoms with Crippen LogP contribution in [0.25, 0.3) is 0 Å². The minimum absolute atomic E-state index is 0.0405. The molecule has 2 N–H and O–H groups in total. The molecule has 144 valence electrons. The van der Waals surface area contributed by atoms with Gasteiger partial charge < -0.3 is 10.6 Å². The molecule has 27 heavy (non-hydrogen) atoms. The van der Waals surface area contributed by atoms with Crippen molar-refractivity contribution in [2.24, 2.45) is 0 Å². The molecule has 0 heterocycles. The van der Waals surface area contributed by atoms with Gasteiger partial charge in [0.1, 0.15) is 0 Å². The second kappa shape index (κ2) is 11.2. The van der Waals surface area contributed by atoms with Crippen molar-refractivity contribution in [3.05, 3.63) is 71.8 Å². The van der Waals surface area contributed by atoms with E-state index < -0.39 is 0 Å². The molecule has 2 amide bonds. The zero-order chi connectivity index (χ0) is 19.5. The molecule has 0 bridgehead atoms. The summed E-state index contributed by atoms with van der Waals surface area (Å²) in [6.45, 7) is 4.21. The molecule has 0 aliphatic rings. The number of rotatable bonds is 10. The van der Waals surface area contributed by atoms with Crippen molar-refractivity contribution < 1.29 is 9.59 Å². The van der Waals surface area contributed by atoms with Gasteiger partial charge in [0.15, 0.2) is 0 Å². The highest BCUT2D eigenvalue weighted by Crippen LogP contribution is 2.18. The average molecular weight is 367 g/mol. The molecule has 0 aliphatic carbocycles. The topological polar surface area (TPSA) is 58.2 Å². The van der Waals surface area contributed by atoms with Crippen LogP contribution in [0.15, 0.2) is 60.7 Å². The van der Waals surface area contributed by atoms with Gasteiger partial charge in [0.05, 0.1) is 12.5 Å². The van der Waals surface area contributed by atoms with Gasteiger partial charge in [-0.15, -0.1) is 0 Å². The van der Waals surface area contributed by atoms with Crippen LogP contribution in [0.3, 0.4) is 0 Å². The third-order valence-electron chi connectivity index (χ3n) is 4.58. The Kier molecular flexibility index (Phi) is 8.56. The highest BCUT2D eigenvalue weighted by Gasteiger charge is 2.20. The SMILES string of the molecule is CCCCC[C@@H](C)NC(=O)C[C@@H](NC(=O)c1ccccc1)c1ccccc1. The summed E-state index contributed by atoms with van der Waals surface area (Å²) in [5, 5.41) is 6.07. The van der Waals surface area contributed by atoms with Crippen molar-refractivity contribution in [2.45, 2.75) is 58.0 Å². The third kappa shape index (κ3) is 7.26. The summed E-state index contributed by atoms with van der Waals surface area (Å²) in [5.41, 5.74) is 1.52. The minimum Gasteiger partial charge on any atom is -0.354 e. The molecular formula is C23H30N2O2. The molecule has 4 nitrogen and oxygen atoms in total. The summed E-state index contributed by atoms with van der Waals surface area (Å²) in [6, 6.07) is 18.5. The molecule has 4 heteroatoms. The quantitative estimate of drug-likeness (QED) is 0.602. The Hall–Kier alpha value is -2.62. The van der Waals surface area contributed by atoms with Gasteiger partial charge in [-0.1, -0.05) is 74.7 Å². The van der Waals surface area contributed by atoms with E-state index in [9.17, 15) is 9.59 Å². The first kappa shape index (κ1) is 20.7. The Balaban J connectivity index is 2.00. The van der Waals surface area contributed by atoms with Gasteiger partial charge in [0, 0.05) is 11.6 Å². The summed E-state index contributed by atoms with van der Waals surface area (Å²) >= 11 is 0. The van der Waals surface area contributed by atoms with E-state index in [1.807, 2.05) is 55.5 Å². The molecule has 0 saturated carbocycles. The first-order valence-electron chi connectivity index (χ1n) is 9.80. The van der Waals surface area contributed by atoms with Crippen LogP contribution in [0.5, 0.6) is 0 Å². The Morgan fingerprint density at radius 2 is 1.52 bits per heavy atom. The molecule has 0 saturated heterocycles. The van der Waals surface area contributed by atoms with E-state index >= 15 is 0 Å². The summed E-state index contributed by atoms with van der Waals surface area (Å²) < 4.78 is 0. The monoisotopic (exact) mass is 366 g/mol. The number of unbranched alkanes of at least 4 members (excludes halogenated alkanes) is 2. The molecule has 2 rings (SSSR count). The van der Waals surface area contributed by atoms with E-state index in [0.29, 0.717) is 5.56 Å². The first-order valence-corrected chi connectivity index (χ1v) is 9.80. The lowest BCUT2D eigenvalue weighted by molar-refractivity contribution is -0.122. The number of amides is 2. The molecule has 2 atom stereocenters. The zero-order valence-electron chi connectivity index (χ0n) is 16.3. The maximum Gasteiger partial charge on any atom is 0.251 e. The maximum atomic E-state index is 12.6. The van der Waals surface area contributed by atoms with Gasteiger partial charge in [-0.25, -0.2) is 0 Å². The number of hydrogen-bond donors (Lipinski definition) is 2. The van der Waals surface area contributed by atoms with Crippen LogP contribution in [0.1, 0.15) is 67.9 Å². The highest BCUT2D eigenvalue weighted by atomic mass is 16.2. The van der Waals surface area contributed by atoms with Gasteiger partial charge in [0.2, 0.25) is 5.91 Å². The smallest absolute Gasteiger partial charge is 0.251 e. The van der Waals surface area contributed by atoms with Crippen LogP contribution >= 0.6 is 0 Å². The number of carbonyl (C=O) groups is 2. The van der Waals surface area contributed by atoms with Gasteiger partial charge in [-0.3, -0.25) is 9.59 Å². The predicted octanol–water partition coefficient (Wildman–Crippen LogP) is 4.63. The fourth-order valence-corrected chi connectivity index (χ4v) is 3.06. The lowest BCUT2D eigenvalue weighted by atomic mass is 10.0. The lowest BCUT2D eigenvalue weighted by Gasteiger charge is -2.21. The zero-order valence-corrected chi connectivity index (χ0v) is 16.3. The van der Waals surface area contributed by atoms with E-state index in [-0.39, 0.29) is 30.3 Å². The van der Waals surface area contributed by atoms with Crippen molar-refractivity contribution in [1.82, 2.24) is 10.6 Å². The molecule has 0 unspecified atom stereocenters. The van der Waals surface area contributed by atoms with Crippen LogP contribution in [-0.4, -0.2) is 17.9 Å². The molecule has 2 aromatic rings. The lowest BCUT2D eigenvalue weighted by Crippen LogP contribution is -2.37. The molecule has 0 aromatic heterocycles. The van der Waals surface area contributed by atoms with Gasteiger partial charge in [-0.05, 0) is 31.0 Å². The maximum absolute atomic E-state index is 12.6. The van der Waals surface area contributed by atoms with E-state index in [2.05, 4.69) is 17.6 Å². The van der Waals surface area contributed by atoms with E-state index in [1.165, 1.54) is 12.8 Å². The molecule has 0 fully saturated rings. The summed E-state index contributed by atoms with van der Waals surface area (Å²) in [6.07, 6.45) is 4.67. The van der Waals surface area contributed by atoms with Crippen LogP contribution in [0, 0.1) is 0 Å². The van der Waals surface area contributed by atoms with Crippen molar-refractivity contribution >= 4 is 11.8 Å². The molecule has 2 aromatic carbocycles. The largest absolute Gasteiger partial charge is 0.354 e. The molecule has 0 spiro atoms. The highest BCUT2D eigenvalue weighted by molar-refractivity contribution is 5.94. The Labute approximate surface area is 162 Å². The Morgan fingerprint density at radius 1 is 0.889 bits per heavy atom. The van der Waals surface area contributed by atoms with Crippen LogP contribution < -0.4 is 10.6 Å². The summed E-state index contributed by atoms with van der Waals surface area (Å²) in [7, 11) is 0. The van der Waals surface area contributed by atoms with Crippen molar-refractivity contribution in [3.8, 4) is 0 Å². The van der Waals surface area contributed by atoms with Crippen LogP contribution in [0.2, 0.25) is 0 Å². The standard InChI is InChI=1S/C23H30N2O2/c1-3-4-7-12-18(2)24-22(26)17-21(19-13-8-5-9-14-19)25-23(27)20-15-10-6-11-16-20/h5-6,8-11,13-16,18,21H,3-4,7,12,17H2,1-2H3,(H,24,26)(H,25,27)/t18-,21-/m1/s1. The van der Waals surface area contributed by atoms with Gasteiger partial charge in [-0.2, -0.15) is 0 Å². The van der Waals surface area contributed by atoms with Crippen molar-refractivity contribution in [3.63, 3.8) is 0 Å². The molecule has 0 aliphatic heterocycles. The summed E-state index contributed by atoms with van der Waals surface area (Å²) in [4.78, 5) is 25.1. The third-order valence-corrected chi connectivity index (χ3v) is 4.58. The van der Waals surface area contributed by atoms with Crippen molar-refractivity contribution in [2.75, 3.05) is 0 Å². The fourth-order valence-electron chi connectivity index (χ4n) is 3.06. The summed E-state index contributed by atoms with van der Waals surface area (Å²) in [5.74, 6) is -0.213. The Morgan fingerprint density at radius 3 is 2.15 bits per heavy atom. The second-order valence-electron chi connectivity index (χ2n) is 6.97. The van der Waals surface area contributed by atoms with E-state index in [1.54, 1.807) is 12.1 Å². The number of nitrogens with one attached hydrogen (secondary N) is 2. The normalized spacial score (nSPS) is 12.8. The first-order chi connectivity index (χ1) is 13.1. The van der Waals surface area contributed by atoms with E-state index in [4.69, 9.17) is 0 Å². The Bertz CT molecular complexity index is 701. The fraction of sp³-hybridized carbons (Fsp3) is 0.391. The molecule has 0 radical (unpaired) electrons.